The van der Waals surface area contributed by atoms with Gasteiger partial charge in [0.15, 0.2) is 5.69 Å². The third-order valence-corrected chi connectivity index (χ3v) is 3.91. The summed E-state index contributed by atoms with van der Waals surface area (Å²) in [5.41, 5.74) is 1.80. The Kier molecular flexibility index (Phi) is 5.96. The molecule has 0 saturated heterocycles. The Hall–Kier alpha value is -3.74. The molecule has 0 spiro atoms. The molecule has 7 nitrogen and oxygen atoms in total. The minimum absolute atomic E-state index is 0.0313. The highest BCUT2D eigenvalue weighted by molar-refractivity contribution is 5.97. The van der Waals surface area contributed by atoms with Crippen LogP contribution >= 0.6 is 0 Å². The lowest BCUT2D eigenvalue weighted by Gasteiger charge is -2.18. The summed E-state index contributed by atoms with van der Waals surface area (Å²) in [5, 5.41) is 2.75. The molecule has 0 aliphatic carbocycles. The number of aromatic nitrogens is 2. The summed E-state index contributed by atoms with van der Waals surface area (Å²) in [7, 11) is 1.56. The van der Waals surface area contributed by atoms with Crippen LogP contribution < -0.4 is 10.1 Å². The molecule has 3 aromatic rings. The second-order valence-electron chi connectivity index (χ2n) is 5.96. The third kappa shape index (κ3) is 4.70. The van der Waals surface area contributed by atoms with E-state index < -0.39 is 18.0 Å². The quantitative estimate of drug-likeness (QED) is 0.663. The molecule has 1 N–H and O–H groups in total. The number of carbonyl (C=O) groups is 2. The first-order valence-corrected chi connectivity index (χ1v) is 8.56. The monoisotopic (exact) mass is 377 g/mol. The van der Waals surface area contributed by atoms with Crippen LogP contribution in [0.2, 0.25) is 0 Å². The number of ether oxygens (including phenoxy) is 2. The minimum Gasteiger partial charge on any atom is -0.497 e. The van der Waals surface area contributed by atoms with Crippen LogP contribution in [0.5, 0.6) is 5.75 Å². The maximum atomic E-state index is 12.8. The van der Waals surface area contributed by atoms with E-state index in [9.17, 15) is 9.59 Å². The van der Waals surface area contributed by atoms with Crippen LogP contribution in [0.4, 0.5) is 5.69 Å². The Labute approximate surface area is 162 Å². The molecule has 1 amide bonds. The molecular weight excluding hydrogens is 358 g/mol. The standard InChI is InChI=1S/C21H19N3O4/c1-14-12-23-18(13-22-14)21(26)28-19(15-6-4-3-5-7-15)20(25)24-16-8-10-17(27-2)11-9-16/h3-13,19H,1-2H3,(H,24,25). The number of hydrogen-bond acceptors (Lipinski definition) is 6. The van der Waals surface area contributed by atoms with Gasteiger partial charge in [-0.05, 0) is 31.2 Å². The summed E-state index contributed by atoms with van der Waals surface area (Å²) < 4.78 is 10.6. The van der Waals surface area contributed by atoms with E-state index in [0.29, 0.717) is 22.7 Å². The fourth-order valence-corrected chi connectivity index (χ4v) is 2.45. The van der Waals surface area contributed by atoms with Crippen molar-refractivity contribution >= 4 is 17.6 Å². The van der Waals surface area contributed by atoms with Crippen molar-refractivity contribution in [3.8, 4) is 5.75 Å². The number of methoxy groups -OCH3 is 1. The zero-order chi connectivity index (χ0) is 19.9. The van der Waals surface area contributed by atoms with E-state index in [1.807, 2.05) is 6.07 Å². The smallest absolute Gasteiger partial charge is 0.359 e. The number of esters is 1. The number of rotatable bonds is 6. The normalized spacial score (nSPS) is 11.4. The minimum atomic E-state index is -1.14. The van der Waals surface area contributed by atoms with Crippen molar-refractivity contribution in [2.75, 3.05) is 12.4 Å². The average molecular weight is 377 g/mol. The van der Waals surface area contributed by atoms with E-state index in [-0.39, 0.29) is 5.69 Å². The van der Waals surface area contributed by atoms with Crippen molar-refractivity contribution in [2.24, 2.45) is 0 Å². The second kappa shape index (κ2) is 8.77. The molecule has 7 heteroatoms. The van der Waals surface area contributed by atoms with E-state index in [2.05, 4.69) is 15.3 Å². The molecule has 1 atom stereocenters. The topological polar surface area (TPSA) is 90.4 Å². The molecule has 0 saturated carbocycles. The molecular formula is C21H19N3O4. The molecule has 142 valence electrons. The molecule has 1 unspecified atom stereocenters. The summed E-state index contributed by atoms with van der Waals surface area (Å²) in [5.74, 6) is -0.544. The van der Waals surface area contributed by atoms with Crippen molar-refractivity contribution in [1.82, 2.24) is 9.97 Å². The number of anilines is 1. The van der Waals surface area contributed by atoms with Crippen LogP contribution in [0.15, 0.2) is 67.0 Å². The van der Waals surface area contributed by atoms with Crippen LogP contribution in [0.25, 0.3) is 0 Å². The lowest BCUT2D eigenvalue weighted by atomic mass is 10.1. The fourth-order valence-electron chi connectivity index (χ4n) is 2.45. The van der Waals surface area contributed by atoms with Crippen LogP contribution in [0.1, 0.15) is 27.8 Å². The summed E-state index contributed by atoms with van der Waals surface area (Å²) in [6.07, 6.45) is 1.64. The molecule has 0 fully saturated rings. The highest BCUT2D eigenvalue weighted by Crippen LogP contribution is 2.22. The lowest BCUT2D eigenvalue weighted by molar-refractivity contribution is -0.125. The Morgan fingerprint density at radius 2 is 1.68 bits per heavy atom. The molecule has 2 aromatic carbocycles. The van der Waals surface area contributed by atoms with E-state index >= 15 is 0 Å². The van der Waals surface area contributed by atoms with Crippen LogP contribution in [-0.4, -0.2) is 29.0 Å². The second-order valence-corrected chi connectivity index (χ2v) is 5.96. The SMILES string of the molecule is COc1ccc(NC(=O)C(OC(=O)c2cnc(C)cn2)c2ccccc2)cc1. The third-order valence-electron chi connectivity index (χ3n) is 3.91. The highest BCUT2D eigenvalue weighted by atomic mass is 16.5. The van der Waals surface area contributed by atoms with Crippen molar-refractivity contribution in [3.63, 3.8) is 0 Å². The van der Waals surface area contributed by atoms with Crippen molar-refractivity contribution < 1.29 is 19.1 Å². The molecule has 0 aliphatic heterocycles. The van der Waals surface area contributed by atoms with Gasteiger partial charge in [-0.25, -0.2) is 9.78 Å². The maximum Gasteiger partial charge on any atom is 0.359 e. The lowest BCUT2D eigenvalue weighted by Crippen LogP contribution is -2.26. The van der Waals surface area contributed by atoms with Crippen molar-refractivity contribution in [1.29, 1.82) is 0 Å². The van der Waals surface area contributed by atoms with Gasteiger partial charge in [-0.15, -0.1) is 0 Å². The van der Waals surface area contributed by atoms with Gasteiger partial charge >= 0.3 is 5.97 Å². The largest absolute Gasteiger partial charge is 0.497 e. The Balaban J connectivity index is 1.81. The van der Waals surface area contributed by atoms with E-state index in [1.54, 1.807) is 62.6 Å². The van der Waals surface area contributed by atoms with E-state index in [4.69, 9.17) is 9.47 Å². The molecule has 3 rings (SSSR count). The predicted molar refractivity (Wildman–Crippen MR) is 103 cm³/mol. The molecule has 28 heavy (non-hydrogen) atoms. The van der Waals surface area contributed by atoms with Gasteiger partial charge in [0.2, 0.25) is 6.10 Å². The highest BCUT2D eigenvalue weighted by Gasteiger charge is 2.26. The number of amides is 1. The first-order valence-electron chi connectivity index (χ1n) is 8.56. The van der Waals surface area contributed by atoms with Crippen LogP contribution in [-0.2, 0) is 9.53 Å². The van der Waals surface area contributed by atoms with Crippen LogP contribution in [0.3, 0.4) is 0 Å². The van der Waals surface area contributed by atoms with Gasteiger partial charge in [-0.2, -0.15) is 0 Å². The number of aryl methyl sites for hydroxylation is 1. The molecule has 0 radical (unpaired) electrons. The van der Waals surface area contributed by atoms with Gasteiger partial charge in [0.05, 0.1) is 19.0 Å². The van der Waals surface area contributed by atoms with E-state index in [1.165, 1.54) is 12.4 Å². The van der Waals surface area contributed by atoms with Gasteiger partial charge in [-0.3, -0.25) is 9.78 Å². The zero-order valence-corrected chi connectivity index (χ0v) is 15.5. The summed E-state index contributed by atoms with van der Waals surface area (Å²) in [6.45, 7) is 1.76. The zero-order valence-electron chi connectivity index (χ0n) is 15.5. The van der Waals surface area contributed by atoms with Gasteiger partial charge < -0.3 is 14.8 Å². The maximum absolute atomic E-state index is 12.8. The summed E-state index contributed by atoms with van der Waals surface area (Å²) in [6, 6.07) is 15.6. The number of benzene rings is 2. The number of hydrogen-bond donors (Lipinski definition) is 1. The molecule has 1 aromatic heterocycles. The van der Waals surface area contributed by atoms with Gasteiger partial charge in [0.25, 0.3) is 5.91 Å². The number of carbonyl (C=O) groups excluding carboxylic acids is 2. The van der Waals surface area contributed by atoms with Gasteiger partial charge in [-0.1, -0.05) is 30.3 Å². The first kappa shape index (κ1) is 19.0. The van der Waals surface area contributed by atoms with Crippen molar-refractivity contribution in [3.05, 3.63) is 83.9 Å². The Morgan fingerprint density at radius 1 is 0.964 bits per heavy atom. The Bertz CT molecular complexity index is 942. The molecule has 0 aliphatic rings. The summed E-state index contributed by atoms with van der Waals surface area (Å²) >= 11 is 0. The molecule has 0 bridgehead atoms. The predicted octanol–water partition coefficient (Wildman–Crippen LogP) is 3.33. The Morgan fingerprint density at radius 3 is 2.29 bits per heavy atom. The average Bonchev–Trinajstić information content (AvgIpc) is 2.73. The fraction of sp³-hybridized carbons (Fsp3) is 0.143. The van der Waals surface area contributed by atoms with Gasteiger partial charge in [0.1, 0.15) is 5.75 Å². The summed E-state index contributed by atoms with van der Waals surface area (Å²) in [4.78, 5) is 33.3. The number of nitrogens with one attached hydrogen (secondary N) is 1. The van der Waals surface area contributed by atoms with Crippen LogP contribution in [0, 0.1) is 6.92 Å². The van der Waals surface area contributed by atoms with Gasteiger partial charge in [0, 0.05) is 17.4 Å². The molecule has 1 heterocycles. The first-order chi connectivity index (χ1) is 13.6. The number of nitrogens with zero attached hydrogens (tertiary/aromatic N) is 2. The van der Waals surface area contributed by atoms with Crippen molar-refractivity contribution in [2.45, 2.75) is 13.0 Å². The van der Waals surface area contributed by atoms with E-state index in [0.717, 1.165) is 0 Å².